The van der Waals surface area contributed by atoms with Crippen molar-refractivity contribution in [3.8, 4) is 0 Å². The molecule has 0 radical (unpaired) electrons. The Hall–Kier alpha value is -3.19. The number of thioether (sulfide) groups is 1. The Kier molecular flexibility index (Phi) is 6.18. The highest BCUT2D eigenvalue weighted by Crippen LogP contribution is 2.58. The molecule has 11 nitrogen and oxygen atoms in total. The van der Waals surface area contributed by atoms with Gasteiger partial charge in [-0.25, -0.2) is 4.79 Å². The molecule has 2 unspecified atom stereocenters. The molecule has 0 saturated carbocycles. The highest BCUT2D eigenvalue weighted by molar-refractivity contribution is 9.10. The molecule has 3 aliphatic rings. The number of halogens is 1. The zero-order valence-electron chi connectivity index (χ0n) is 20.2. The number of ether oxygens (including phenoxy) is 2. The zero-order chi connectivity index (χ0) is 26.7. The average molecular weight is 591 g/mol. The van der Waals surface area contributed by atoms with E-state index in [2.05, 4.69) is 34.9 Å². The van der Waals surface area contributed by atoms with Gasteiger partial charge in [0.25, 0.3) is 11.6 Å². The van der Waals surface area contributed by atoms with Crippen molar-refractivity contribution in [3.63, 3.8) is 0 Å². The molecule has 1 fully saturated rings. The van der Waals surface area contributed by atoms with Crippen LogP contribution < -0.4 is 0 Å². The van der Waals surface area contributed by atoms with E-state index in [9.17, 15) is 24.5 Å². The quantitative estimate of drug-likeness (QED) is 0.156. The van der Waals surface area contributed by atoms with Gasteiger partial charge in [0, 0.05) is 36.7 Å². The molecule has 37 heavy (non-hydrogen) atoms. The summed E-state index contributed by atoms with van der Waals surface area (Å²) in [6.07, 6.45) is -0.177. The number of carbonyl (C=O) groups is 3. The van der Waals surface area contributed by atoms with Crippen LogP contribution in [0.25, 0.3) is 0 Å². The molecular weight excluding hydrogens is 568 g/mol. The van der Waals surface area contributed by atoms with Gasteiger partial charge in [0.2, 0.25) is 0 Å². The topological polar surface area (TPSA) is 134 Å². The van der Waals surface area contributed by atoms with Crippen LogP contribution in [0.3, 0.4) is 0 Å². The Labute approximate surface area is 224 Å². The second kappa shape index (κ2) is 8.98. The predicted octanol–water partition coefficient (Wildman–Crippen LogP) is 3.61. The molecule has 1 aromatic heterocycles. The van der Waals surface area contributed by atoms with Gasteiger partial charge in [-0.3, -0.25) is 29.3 Å². The summed E-state index contributed by atoms with van der Waals surface area (Å²) in [6.45, 7) is 6.17. The van der Waals surface area contributed by atoms with E-state index < -0.39 is 38.6 Å². The predicted molar refractivity (Wildman–Crippen MR) is 135 cm³/mol. The first-order valence-corrected chi connectivity index (χ1v) is 13.2. The van der Waals surface area contributed by atoms with E-state index in [1.165, 1.54) is 47.9 Å². The maximum Gasteiger partial charge on any atom is 0.355 e. The molecule has 13 heteroatoms. The standard InChI is InChI=1S/C24H23BrN4O7S/c1-13(30)36-19(17-8-16-9-23(2,3)12-27(16)26-17)24(25)21(32)28-18(11-37-22(24)28)20(31)35-10-14-4-6-15(7-5-14)29(33)34/h4-8,11,19,22H,9-10,12H2,1-3H3/t19?,22-,24?/m1/s1. The summed E-state index contributed by atoms with van der Waals surface area (Å²) in [4.78, 5) is 49.9. The lowest BCUT2D eigenvalue weighted by molar-refractivity contribution is -0.384. The first kappa shape index (κ1) is 25.5. The van der Waals surface area contributed by atoms with Crippen LogP contribution in [0, 0.1) is 15.5 Å². The number of nitro groups is 1. The second-order valence-corrected chi connectivity index (χ2v) is 12.2. The van der Waals surface area contributed by atoms with Gasteiger partial charge in [-0.2, -0.15) is 5.10 Å². The van der Waals surface area contributed by atoms with Crippen molar-refractivity contribution in [1.82, 2.24) is 14.7 Å². The van der Waals surface area contributed by atoms with E-state index >= 15 is 0 Å². The number of aromatic nitrogens is 2. The Morgan fingerprint density at radius 1 is 1.32 bits per heavy atom. The molecule has 2 aromatic rings. The van der Waals surface area contributed by atoms with Crippen LogP contribution in [0.5, 0.6) is 0 Å². The number of benzene rings is 1. The molecular formula is C24H23BrN4O7S. The number of rotatable bonds is 7. The summed E-state index contributed by atoms with van der Waals surface area (Å²) in [7, 11) is 0. The minimum absolute atomic E-state index is 0.0679. The zero-order valence-corrected chi connectivity index (χ0v) is 22.6. The summed E-state index contributed by atoms with van der Waals surface area (Å²) < 4.78 is 11.5. The van der Waals surface area contributed by atoms with Crippen molar-refractivity contribution in [3.05, 3.63) is 68.5 Å². The lowest BCUT2D eigenvalue weighted by Gasteiger charge is -2.51. The lowest BCUT2D eigenvalue weighted by Crippen LogP contribution is -2.70. The van der Waals surface area contributed by atoms with E-state index in [4.69, 9.17) is 9.47 Å². The van der Waals surface area contributed by atoms with Gasteiger partial charge in [0.15, 0.2) is 10.4 Å². The SMILES string of the molecule is CC(=O)OC(c1cc2n(n1)CC(C)(C)C2)C1(Br)C(=O)N2C(C(=O)OCc3ccc([N+](=O)[O-])cc3)=CS[C@@H]21. The van der Waals surface area contributed by atoms with Gasteiger partial charge >= 0.3 is 11.9 Å². The number of hydrogen-bond acceptors (Lipinski definition) is 9. The smallest absolute Gasteiger partial charge is 0.355 e. The van der Waals surface area contributed by atoms with E-state index in [-0.39, 0.29) is 23.4 Å². The molecule has 1 amide bonds. The fraction of sp³-hybridized carbons (Fsp3) is 0.417. The molecule has 4 heterocycles. The lowest BCUT2D eigenvalue weighted by atomic mass is 9.87. The number of amides is 1. The second-order valence-electron chi connectivity index (χ2n) is 9.98. The fourth-order valence-electron chi connectivity index (χ4n) is 4.79. The van der Waals surface area contributed by atoms with Crippen molar-refractivity contribution in [1.29, 1.82) is 0 Å². The van der Waals surface area contributed by atoms with Gasteiger partial charge < -0.3 is 9.47 Å². The number of β-lactam (4-membered cyclic amide) rings is 1. The van der Waals surface area contributed by atoms with Crippen LogP contribution in [0.4, 0.5) is 5.69 Å². The molecule has 0 spiro atoms. The summed E-state index contributed by atoms with van der Waals surface area (Å²) in [6, 6.07) is 7.51. The molecule has 5 rings (SSSR count). The third-order valence-corrected chi connectivity index (χ3v) is 9.18. The first-order chi connectivity index (χ1) is 17.4. The average Bonchev–Trinajstić information content (AvgIpc) is 3.50. The Morgan fingerprint density at radius 3 is 2.65 bits per heavy atom. The third kappa shape index (κ3) is 4.33. The van der Waals surface area contributed by atoms with Crippen molar-refractivity contribution in [2.45, 2.75) is 56.1 Å². The number of non-ortho nitro benzene ring substituents is 1. The molecule has 0 bridgehead atoms. The number of esters is 2. The highest BCUT2D eigenvalue weighted by atomic mass is 79.9. The normalized spacial score (nSPS) is 24.0. The van der Waals surface area contributed by atoms with Crippen molar-refractivity contribution in [2.75, 3.05) is 0 Å². The van der Waals surface area contributed by atoms with Crippen LogP contribution in [-0.4, -0.2) is 47.1 Å². The van der Waals surface area contributed by atoms with Crippen molar-refractivity contribution in [2.24, 2.45) is 5.41 Å². The Bertz CT molecular complexity index is 1330. The van der Waals surface area contributed by atoms with Gasteiger partial charge in [0.05, 0.1) is 4.92 Å². The van der Waals surface area contributed by atoms with Crippen LogP contribution in [-0.2, 0) is 43.4 Å². The number of nitrogens with zero attached hydrogens (tertiary/aromatic N) is 4. The summed E-state index contributed by atoms with van der Waals surface area (Å²) >= 11 is 4.80. The molecule has 1 saturated heterocycles. The van der Waals surface area contributed by atoms with Crippen LogP contribution in [0.15, 0.2) is 41.4 Å². The van der Waals surface area contributed by atoms with E-state index in [1.807, 2.05) is 10.7 Å². The first-order valence-electron chi connectivity index (χ1n) is 11.4. The van der Waals surface area contributed by atoms with Crippen LogP contribution >= 0.6 is 27.7 Å². The number of carbonyl (C=O) groups excluding carboxylic acids is 3. The summed E-state index contributed by atoms with van der Waals surface area (Å²) in [5.41, 5.74) is 2.12. The minimum atomic E-state index is -1.31. The molecule has 0 N–H and O–H groups in total. The minimum Gasteiger partial charge on any atom is -0.456 e. The monoisotopic (exact) mass is 590 g/mol. The molecule has 0 aliphatic carbocycles. The third-order valence-electron chi connectivity index (χ3n) is 6.49. The largest absolute Gasteiger partial charge is 0.456 e. The maximum absolute atomic E-state index is 13.5. The Balaban J connectivity index is 1.30. The number of nitro benzene ring substituents is 1. The van der Waals surface area contributed by atoms with Gasteiger partial charge in [-0.15, -0.1) is 11.8 Å². The van der Waals surface area contributed by atoms with E-state index in [0.29, 0.717) is 11.3 Å². The van der Waals surface area contributed by atoms with Crippen LogP contribution in [0.1, 0.15) is 43.8 Å². The van der Waals surface area contributed by atoms with Gasteiger partial charge in [0.1, 0.15) is 23.4 Å². The molecule has 3 atom stereocenters. The number of alkyl halides is 1. The number of fused-ring (bicyclic) bond motifs is 2. The summed E-state index contributed by atoms with van der Waals surface area (Å²) in [5.74, 6) is -1.70. The van der Waals surface area contributed by atoms with Crippen molar-refractivity contribution < 1.29 is 28.8 Å². The summed E-state index contributed by atoms with van der Waals surface area (Å²) in [5, 5.41) is 16.4. The van der Waals surface area contributed by atoms with E-state index in [0.717, 1.165) is 18.7 Å². The molecule has 3 aliphatic heterocycles. The Morgan fingerprint density at radius 2 is 2.03 bits per heavy atom. The van der Waals surface area contributed by atoms with Gasteiger partial charge in [-0.05, 0) is 35.6 Å². The van der Waals surface area contributed by atoms with Crippen molar-refractivity contribution >= 4 is 51.2 Å². The maximum atomic E-state index is 13.5. The highest BCUT2D eigenvalue weighted by Gasteiger charge is 2.69. The molecule has 194 valence electrons. The van der Waals surface area contributed by atoms with Gasteiger partial charge in [-0.1, -0.05) is 29.8 Å². The number of hydrogen-bond donors (Lipinski definition) is 0. The van der Waals surface area contributed by atoms with E-state index in [1.54, 1.807) is 5.41 Å². The molecule has 1 aromatic carbocycles. The van der Waals surface area contributed by atoms with Crippen LogP contribution in [0.2, 0.25) is 0 Å². The fourth-order valence-corrected chi connectivity index (χ4v) is 7.06.